The molecule has 8 saturated carbocycles. The zero-order valence-corrected chi connectivity index (χ0v) is 25.2. The molecule has 9 fully saturated rings. The standard InChI is InChI=1S/C34H40O2S3/c35-38-33(29-7-3-1-4-8-29,31-17-23-11-24(18-31)13-25(12-23)19-31)37-34(39(38)36,30-9-5-2-6-10-30)32-20-26-14-27(21-32)16-28(15-26)22-32/h1-10,23-28H,11-22H2/t23?,24?,25?,26?,27?,28?,31?,32?,33-,34+,38?,39?. The summed E-state index contributed by atoms with van der Waals surface area (Å²) in [6.45, 7) is 0. The van der Waals surface area contributed by atoms with Crippen molar-refractivity contribution in [2.75, 3.05) is 0 Å². The molecule has 8 bridgehead atoms. The van der Waals surface area contributed by atoms with Gasteiger partial charge in [-0.05, 0) is 124 Å². The van der Waals surface area contributed by atoms with E-state index < -0.39 is 27.8 Å². The molecule has 2 aromatic rings. The molecule has 4 atom stereocenters. The van der Waals surface area contributed by atoms with Crippen molar-refractivity contribution < 1.29 is 8.42 Å². The van der Waals surface area contributed by atoms with E-state index >= 15 is 8.42 Å². The molecule has 2 unspecified atom stereocenters. The first kappa shape index (κ1) is 24.7. The van der Waals surface area contributed by atoms with E-state index in [4.69, 9.17) is 0 Å². The van der Waals surface area contributed by atoms with Gasteiger partial charge in [-0.2, -0.15) is 0 Å². The summed E-state index contributed by atoms with van der Waals surface area (Å²) in [5, 5.41) is 0. The largest absolute Gasteiger partial charge is 0.244 e. The van der Waals surface area contributed by atoms with Gasteiger partial charge in [0.15, 0.2) is 0 Å². The van der Waals surface area contributed by atoms with Crippen LogP contribution in [0.15, 0.2) is 60.7 Å². The van der Waals surface area contributed by atoms with E-state index in [0.29, 0.717) is 0 Å². The van der Waals surface area contributed by atoms with Gasteiger partial charge in [-0.25, -0.2) is 8.42 Å². The molecule has 1 saturated heterocycles. The molecule has 0 spiro atoms. The summed E-state index contributed by atoms with van der Waals surface area (Å²) in [5.74, 6) is 4.55. The number of benzene rings is 2. The van der Waals surface area contributed by atoms with Crippen molar-refractivity contribution in [3.8, 4) is 0 Å². The molecular formula is C34H40O2S3. The monoisotopic (exact) mass is 576 g/mol. The lowest BCUT2D eigenvalue weighted by Gasteiger charge is -2.64. The maximum Gasteiger partial charge on any atom is 0.136 e. The van der Waals surface area contributed by atoms with Crippen molar-refractivity contribution in [1.82, 2.24) is 0 Å². The summed E-state index contributed by atoms with van der Waals surface area (Å²) < 4.78 is 29.6. The van der Waals surface area contributed by atoms with Gasteiger partial charge in [0.1, 0.15) is 27.8 Å². The topological polar surface area (TPSA) is 34.1 Å². The lowest BCUT2D eigenvalue weighted by Crippen LogP contribution is -2.57. The van der Waals surface area contributed by atoms with Crippen LogP contribution >= 0.6 is 11.8 Å². The van der Waals surface area contributed by atoms with E-state index in [1.165, 1.54) is 88.2 Å². The van der Waals surface area contributed by atoms with Crippen LogP contribution in [0.3, 0.4) is 0 Å². The highest BCUT2D eigenvalue weighted by Gasteiger charge is 2.77. The molecule has 0 aromatic heterocycles. The second-order valence-electron chi connectivity index (χ2n) is 14.9. The fourth-order valence-corrected chi connectivity index (χ4v) is 22.5. The van der Waals surface area contributed by atoms with Gasteiger partial charge in [0, 0.05) is 10.8 Å². The minimum Gasteiger partial charge on any atom is -0.244 e. The van der Waals surface area contributed by atoms with Crippen molar-refractivity contribution in [3.05, 3.63) is 71.8 Å². The molecule has 5 heteroatoms. The molecule has 2 nitrogen and oxygen atoms in total. The van der Waals surface area contributed by atoms with Crippen molar-refractivity contribution in [1.29, 1.82) is 0 Å². The maximum absolute atomic E-state index is 15.4. The predicted octanol–water partition coefficient (Wildman–Crippen LogP) is 8.28. The van der Waals surface area contributed by atoms with Crippen LogP contribution in [0.4, 0.5) is 0 Å². The van der Waals surface area contributed by atoms with Crippen molar-refractivity contribution in [2.24, 2.45) is 46.3 Å². The van der Waals surface area contributed by atoms with Crippen LogP contribution < -0.4 is 0 Å². The highest BCUT2D eigenvalue weighted by molar-refractivity contribution is 8.69. The van der Waals surface area contributed by atoms with E-state index in [0.717, 1.165) is 35.5 Å². The molecule has 1 heterocycles. The van der Waals surface area contributed by atoms with Crippen LogP contribution in [0.25, 0.3) is 0 Å². The Morgan fingerprint density at radius 1 is 0.487 bits per heavy atom. The van der Waals surface area contributed by atoms with Crippen molar-refractivity contribution >= 4 is 31.4 Å². The Bertz CT molecular complexity index is 1180. The van der Waals surface area contributed by atoms with Gasteiger partial charge in [0.2, 0.25) is 0 Å². The van der Waals surface area contributed by atoms with Crippen molar-refractivity contribution in [3.63, 3.8) is 0 Å². The van der Waals surface area contributed by atoms with Crippen LogP contribution in [-0.4, -0.2) is 8.42 Å². The Labute approximate surface area is 242 Å². The van der Waals surface area contributed by atoms with Gasteiger partial charge in [0.25, 0.3) is 0 Å². The highest BCUT2D eigenvalue weighted by atomic mass is 33.1. The first-order valence-electron chi connectivity index (χ1n) is 15.6. The van der Waals surface area contributed by atoms with Crippen LogP contribution in [0.5, 0.6) is 0 Å². The first-order chi connectivity index (χ1) is 19.0. The third-order valence-electron chi connectivity index (χ3n) is 12.7. The molecule has 206 valence electrons. The average Bonchev–Trinajstić information content (AvgIpc) is 3.18. The maximum atomic E-state index is 15.4. The lowest BCUT2D eigenvalue weighted by molar-refractivity contribution is -0.0657. The van der Waals surface area contributed by atoms with E-state index in [-0.39, 0.29) is 10.8 Å². The van der Waals surface area contributed by atoms with E-state index in [2.05, 4.69) is 60.7 Å². The average molecular weight is 577 g/mol. The molecule has 2 aromatic carbocycles. The molecular weight excluding hydrogens is 537 g/mol. The van der Waals surface area contributed by atoms with E-state index in [1.54, 1.807) is 0 Å². The van der Waals surface area contributed by atoms with Gasteiger partial charge < -0.3 is 0 Å². The Hall–Kier alpha value is -0.910. The number of thioether (sulfide) groups is 1. The second-order valence-corrected chi connectivity index (χ2v) is 20.9. The zero-order chi connectivity index (χ0) is 26.0. The minimum absolute atomic E-state index is 0.0207. The molecule has 9 aliphatic rings. The Morgan fingerprint density at radius 2 is 0.769 bits per heavy atom. The quantitative estimate of drug-likeness (QED) is 0.344. The summed E-state index contributed by atoms with van der Waals surface area (Å²) in [4.78, 5) is 0. The molecule has 39 heavy (non-hydrogen) atoms. The second kappa shape index (κ2) is 8.34. The normalized spacial score (nSPS) is 52.9. The van der Waals surface area contributed by atoms with Crippen LogP contribution in [0.1, 0.15) is 88.2 Å². The Morgan fingerprint density at radius 3 is 1.05 bits per heavy atom. The van der Waals surface area contributed by atoms with Gasteiger partial charge in [0.05, 0.1) is 0 Å². The summed E-state index contributed by atoms with van der Waals surface area (Å²) in [6.07, 6.45) is 15.2. The van der Waals surface area contributed by atoms with E-state index in [1.807, 2.05) is 11.8 Å². The molecule has 0 radical (unpaired) electrons. The highest BCUT2D eigenvalue weighted by Crippen LogP contribution is 2.81. The van der Waals surface area contributed by atoms with Gasteiger partial charge in [-0.15, -0.1) is 11.8 Å². The molecule has 1 aliphatic heterocycles. The van der Waals surface area contributed by atoms with Crippen LogP contribution in [0, 0.1) is 46.3 Å². The fraction of sp³-hybridized carbons (Fsp3) is 0.647. The Kier molecular flexibility index (Phi) is 5.28. The number of hydrogen-bond donors (Lipinski definition) is 0. The predicted molar refractivity (Wildman–Crippen MR) is 161 cm³/mol. The number of rotatable bonds is 4. The Balaban J connectivity index is 1.30. The van der Waals surface area contributed by atoms with Crippen LogP contribution in [0.2, 0.25) is 0 Å². The van der Waals surface area contributed by atoms with Gasteiger partial charge in [-0.1, -0.05) is 60.7 Å². The summed E-state index contributed by atoms with van der Waals surface area (Å²) in [5.41, 5.74) is 2.36. The minimum atomic E-state index is -1.47. The summed E-state index contributed by atoms with van der Waals surface area (Å²) >= 11 is 2.00. The van der Waals surface area contributed by atoms with Gasteiger partial charge in [-0.3, -0.25) is 0 Å². The van der Waals surface area contributed by atoms with E-state index in [9.17, 15) is 0 Å². The lowest BCUT2D eigenvalue weighted by atomic mass is 9.48. The third kappa shape index (κ3) is 3.11. The van der Waals surface area contributed by atoms with Gasteiger partial charge >= 0.3 is 0 Å². The molecule has 8 aliphatic carbocycles. The summed E-state index contributed by atoms with van der Waals surface area (Å²) in [6, 6.07) is 21.8. The third-order valence-corrected chi connectivity index (χ3v) is 21.5. The van der Waals surface area contributed by atoms with Crippen LogP contribution in [-0.2, 0) is 27.8 Å². The van der Waals surface area contributed by atoms with Crippen molar-refractivity contribution in [2.45, 2.75) is 85.2 Å². The first-order valence-corrected chi connectivity index (χ1v) is 19.2. The summed E-state index contributed by atoms with van der Waals surface area (Å²) in [7, 11) is -2.95. The fourth-order valence-electron chi connectivity index (χ4n) is 12.3. The SMILES string of the molecule is O=S1S(=O)[C@@](c2ccccc2)(C23CC4CC(CC(C4)C2)C3)S[C@@]1(c1ccccc1)C12CC3CC(CC(C3)C1)C2. The zero-order valence-electron chi connectivity index (χ0n) is 22.8. The smallest absolute Gasteiger partial charge is 0.136 e. The molecule has 0 N–H and O–H groups in total. The molecule has 11 rings (SSSR count). The number of hydrogen-bond acceptors (Lipinski definition) is 3. The molecule has 0 amide bonds.